The summed E-state index contributed by atoms with van der Waals surface area (Å²) < 4.78 is 0. The summed E-state index contributed by atoms with van der Waals surface area (Å²) in [6.07, 6.45) is 10.6. The third-order valence-electron chi connectivity index (χ3n) is 7.06. The maximum atomic E-state index is 2.57. The minimum Gasteiger partial charge on any atom is -0.0850 e. The molecule has 0 heteroatoms. The molecule has 3 aliphatic carbocycles. The normalized spacial score (nSPS) is 28.5. The standard InChI is InChI=1S/C24H28/c1-23(2,3)20-9-7-17-14-22-18(12-19(17)13-20)5-4-10-24(22)15-16-6-8-21(24)11-16/h6-7,9,12-14,21H,4-5,8,10-11,15H2,1-3H3. The van der Waals surface area contributed by atoms with E-state index in [2.05, 4.69) is 57.2 Å². The highest BCUT2D eigenvalue weighted by Crippen LogP contribution is 2.59. The van der Waals surface area contributed by atoms with E-state index in [1.165, 1.54) is 54.9 Å². The predicted molar refractivity (Wildman–Crippen MR) is 103 cm³/mol. The maximum Gasteiger partial charge on any atom is 0.00274 e. The Bertz CT molecular complexity index is 861. The average molecular weight is 316 g/mol. The van der Waals surface area contributed by atoms with Crippen LogP contribution in [0.2, 0.25) is 0 Å². The first-order chi connectivity index (χ1) is 11.5. The summed E-state index contributed by atoms with van der Waals surface area (Å²) in [7, 11) is 0. The molecular formula is C24H28. The minimum absolute atomic E-state index is 0.225. The molecule has 2 bridgehead atoms. The lowest BCUT2D eigenvalue weighted by atomic mass is 9.62. The third kappa shape index (κ3) is 1.98. The van der Waals surface area contributed by atoms with Gasteiger partial charge in [0.25, 0.3) is 0 Å². The molecule has 1 saturated carbocycles. The molecule has 0 aromatic heterocycles. The van der Waals surface area contributed by atoms with Crippen LogP contribution in [0.5, 0.6) is 0 Å². The largest absolute Gasteiger partial charge is 0.0850 e. The number of allylic oxidation sites excluding steroid dienone is 2. The Hall–Kier alpha value is -1.56. The summed E-state index contributed by atoms with van der Waals surface area (Å²) >= 11 is 0. The van der Waals surface area contributed by atoms with Gasteiger partial charge in [0.1, 0.15) is 0 Å². The van der Waals surface area contributed by atoms with Crippen LogP contribution in [0.4, 0.5) is 0 Å². The molecule has 2 aromatic rings. The fraction of sp³-hybridized carbons (Fsp3) is 0.500. The quantitative estimate of drug-likeness (QED) is 0.490. The lowest BCUT2D eigenvalue weighted by Gasteiger charge is -2.42. The molecule has 0 nitrogen and oxygen atoms in total. The molecule has 5 rings (SSSR count). The molecule has 0 saturated heterocycles. The Morgan fingerprint density at radius 3 is 2.62 bits per heavy atom. The number of hydrogen-bond donors (Lipinski definition) is 0. The molecule has 3 aliphatic rings. The van der Waals surface area contributed by atoms with Gasteiger partial charge in [0.15, 0.2) is 0 Å². The molecule has 1 fully saturated rings. The van der Waals surface area contributed by atoms with Crippen molar-refractivity contribution in [3.05, 3.63) is 58.7 Å². The van der Waals surface area contributed by atoms with Gasteiger partial charge in [-0.15, -0.1) is 0 Å². The van der Waals surface area contributed by atoms with Gasteiger partial charge in [-0.25, -0.2) is 0 Å². The molecule has 2 aromatic carbocycles. The molecule has 0 amide bonds. The van der Waals surface area contributed by atoms with Gasteiger partial charge in [0, 0.05) is 5.41 Å². The zero-order valence-corrected chi connectivity index (χ0v) is 15.3. The topological polar surface area (TPSA) is 0 Å². The molecule has 0 N–H and O–H groups in total. The Balaban J connectivity index is 1.68. The van der Waals surface area contributed by atoms with Crippen LogP contribution in [0.3, 0.4) is 0 Å². The van der Waals surface area contributed by atoms with Crippen LogP contribution in [0.15, 0.2) is 42.0 Å². The fourth-order valence-corrected chi connectivity index (χ4v) is 5.73. The Morgan fingerprint density at radius 1 is 1.04 bits per heavy atom. The van der Waals surface area contributed by atoms with Crippen molar-refractivity contribution in [1.29, 1.82) is 0 Å². The van der Waals surface area contributed by atoms with Crippen molar-refractivity contribution >= 4 is 10.8 Å². The zero-order valence-electron chi connectivity index (χ0n) is 15.3. The Morgan fingerprint density at radius 2 is 1.92 bits per heavy atom. The summed E-state index contributed by atoms with van der Waals surface area (Å²) in [5.41, 5.74) is 7.25. The zero-order chi connectivity index (χ0) is 16.5. The molecule has 124 valence electrons. The van der Waals surface area contributed by atoms with Crippen molar-refractivity contribution in [2.45, 2.75) is 70.1 Å². The molecule has 0 aliphatic heterocycles. The monoisotopic (exact) mass is 316 g/mol. The number of hydrogen-bond acceptors (Lipinski definition) is 0. The van der Waals surface area contributed by atoms with Crippen molar-refractivity contribution in [3.8, 4) is 0 Å². The van der Waals surface area contributed by atoms with Crippen molar-refractivity contribution in [3.63, 3.8) is 0 Å². The van der Waals surface area contributed by atoms with E-state index in [1.807, 2.05) is 0 Å². The summed E-state index contributed by atoms with van der Waals surface area (Å²) in [5.74, 6) is 0.887. The molecule has 0 heterocycles. The second kappa shape index (κ2) is 4.75. The van der Waals surface area contributed by atoms with Gasteiger partial charge in [-0.1, -0.05) is 62.8 Å². The van der Waals surface area contributed by atoms with Crippen LogP contribution in [0, 0.1) is 5.92 Å². The third-order valence-corrected chi connectivity index (χ3v) is 7.06. The molecular weight excluding hydrogens is 288 g/mol. The summed E-state index contributed by atoms with van der Waals surface area (Å²) in [4.78, 5) is 0. The van der Waals surface area contributed by atoms with Gasteiger partial charge in [0.2, 0.25) is 0 Å². The van der Waals surface area contributed by atoms with Crippen LogP contribution < -0.4 is 0 Å². The second-order valence-electron chi connectivity index (χ2n) is 9.51. The molecule has 2 unspecified atom stereocenters. The molecule has 1 spiro atoms. The summed E-state index contributed by atoms with van der Waals surface area (Å²) in [6.45, 7) is 6.93. The van der Waals surface area contributed by atoms with E-state index in [1.54, 1.807) is 16.7 Å². The molecule has 24 heavy (non-hydrogen) atoms. The molecule has 0 radical (unpaired) electrons. The molecule has 2 atom stereocenters. The number of benzene rings is 2. The van der Waals surface area contributed by atoms with E-state index in [-0.39, 0.29) is 5.41 Å². The van der Waals surface area contributed by atoms with Crippen LogP contribution in [-0.4, -0.2) is 0 Å². The fourth-order valence-electron chi connectivity index (χ4n) is 5.73. The minimum atomic E-state index is 0.225. The SMILES string of the molecule is CC(C)(C)c1ccc2cc3c(cc2c1)CCCC31CC2=CCC1C2. The predicted octanol–water partition coefficient (Wildman–Crippen LogP) is 6.45. The van der Waals surface area contributed by atoms with E-state index in [0.29, 0.717) is 5.41 Å². The highest BCUT2D eigenvalue weighted by Gasteiger charge is 2.49. The Labute approximate surface area is 146 Å². The number of fused-ring (bicyclic) bond motifs is 6. The van der Waals surface area contributed by atoms with E-state index in [4.69, 9.17) is 0 Å². The maximum absolute atomic E-state index is 2.57. The van der Waals surface area contributed by atoms with Crippen LogP contribution in [0.1, 0.15) is 69.6 Å². The first-order valence-electron chi connectivity index (χ1n) is 9.71. The summed E-state index contributed by atoms with van der Waals surface area (Å²) in [5, 5.41) is 2.89. The summed E-state index contributed by atoms with van der Waals surface area (Å²) in [6, 6.07) is 12.2. The van der Waals surface area contributed by atoms with Crippen LogP contribution in [-0.2, 0) is 17.3 Å². The van der Waals surface area contributed by atoms with Gasteiger partial charge in [-0.3, -0.25) is 0 Å². The first kappa shape index (κ1) is 14.8. The van der Waals surface area contributed by atoms with E-state index >= 15 is 0 Å². The van der Waals surface area contributed by atoms with Crippen molar-refractivity contribution in [1.82, 2.24) is 0 Å². The first-order valence-corrected chi connectivity index (χ1v) is 9.71. The lowest BCUT2D eigenvalue weighted by Crippen LogP contribution is -2.35. The van der Waals surface area contributed by atoms with Crippen molar-refractivity contribution < 1.29 is 0 Å². The van der Waals surface area contributed by atoms with Crippen molar-refractivity contribution in [2.24, 2.45) is 5.92 Å². The van der Waals surface area contributed by atoms with E-state index in [0.717, 1.165) is 5.92 Å². The highest BCUT2D eigenvalue weighted by atomic mass is 14.5. The number of rotatable bonds is 0. The smallest absolute Gasteiger partial charge is 0.00274 e. The van der Waals surface area contributed by atoms with E-state index in [9.17, 15) is 0 Å². The van der Waals surface area contributed by atoms with E-state index < -0.39 is 0 Å². The van der Waals surface area contributed by atoms with Crippen LogP contribution in [0.25, 0.3) is 10.8 Å². The second-order valence-corrected chi connectivity index (χ2v) is 9.51. The van der Waals surface area contributed by atoms with Gasteiger partial charge in [-0.2, -0.15) is 0 Å². The van der Waals surface area contributed by atoms with Crippen molar-refractivity contribution in [2.75, 3.05) is 0 Å². The lowest BCUT2D eigenvalue weighted by molar-refractivity contribution is 0.270. The Kier molecular flexibility index (Phi) is 2.92. The van der Waals surface area contributed by atoms with Gasteiger partial charge >= 0.3 is 0 Å². The van der Waals surface area contributed by atoms with Crippen LogP contribution >= 0.6 is 0 Å². The van der Waals surface area contributed by atoms with Gasteiger partial charge in [0.05, 0.1) is 0 Å². The average Bonchev–Trinajstić information content (AvgIpc) is 3.14. The number of aryl methyl sites for hydroxylation is 1. The van der Waals surface area contributed by atoms with Gasteiger partial charge < -0.3 is 0 Å². The highest BCUT2D eigenvalue weighted by molar-refractivity contribution is 5.85. The van der Waals surface area contributed by atoms with Gasteiger partial charge in [-0.05, 0) is 77.3 Å².